The Morgan fingerprint density at radius 2 is 1.62 bits per heavy atom. The second-order valence-corrected chi connectivity index (χ2v) is 11.5. The quantitative estimate of drug-likeness (QED) is 0.555. The van der Waals surface area contributed by atoms with Gasteiger partial charge >= 0.3 is 5.97 Å². The highest BCUT2D eigenvalue weighted by atomic mass is 16.5. The number of carboxylic acid groups (broad SMARTS) is 1. The van der Waals surface area contributed by atoms with Crippen molar-refractivity contribution < 1.29 is 29.0 Å². The fourth-order valence-corrected chi connectivity index (χ4v) is 6.98. The molecule has 1 saturated carbocycles. The number of nitrogens with zero attached hydrogens (tertiary/aromatic N) is 3. The molecule has 0 aromatic heterocycles. The van der Waals surface area contributed by atoms with Crippen LogP contribution in [0.3, 0.4) is 0 Å². The predicted molar refractivity (Wildman–Crippen MR) is 146 cm³/mol. The molecule has 2 fully saturated rings. The summed E-state index contributed by atoms with van der Waals surface area (Å²) in [6.45, 7) is 2.09. The number of aliphatic carboxylic acids is 1. The van der Waals surface area contributed by atoms with Crippen molar-refractivity contribution in [3.63, 3.8) is 0 Å². The fourth-order valence-electron chi connectivity index (χ4n) is 6.98. The number of hydrogen-bond donors (Lipinski definition) is 1. The van der Waals surface area contributed by atoms with E-state index in [1.807, 2.05) is 18.2 Å². The van der Waals surface area contributed by atoms with Gasteiger partial charge in [-0.3, -0.25) is 24.1 Å². The van der Waals surface area contributed by atoms with Gasteiger partial charge in [-0.2, -0.15) is 0 Å². The maximum absolute atomic E-state index is 14.2. The summed E-state index contributed by atoms with van der Waals surface area (Å²) in [6, 6.07) is 12.0. The molecule has 2 aromatic carbocycles. The van der Waals surface area contributed by atoms with Crippen LogP contribution in [-0.2, 0) is 16.0 Å². The topological polar surface area (TPSA) is 107 Å². The number of fused-ring (bicyclic) bond motifs is 2. The van der Waals surface area contributed by atoms with Crippen LogP contribution in [0.5, 0.6) is 5.75 Å². The first kappa shape index (κ1) is 26.5. The van der Waals surface area contributed by atoms with E-state index in [2.05, 4.69) is 11.9 Å². The summed E-state index contributed by atoms with van der Waals surface area (Å²) < 4.78 is 6.53. The van der Waals surface area contributed by atoms with E-state index in [1.54, 1.807) is 29.2 Å². The highest BCUT2D eigenvalue weighted by molar-refractivity contribution is 6.21. The van der Waals surface area contributed by atoms with Crippen LogP contribution in [0.25, 0.3) is 0 Å². The molecule has 40 heavy (non-hydrogen) atoms. The highest BCUT2D eigenvalue weighted by Gasteiger charge is 2.45. The van der Waals surface area contributed by atoms with Crippen molar-refractivity contribution in [3.05, 3.63) is 64.7 Å². The summed E-state index contributed by atoms with van der Waals surface area (Å²) in [7, 11) is 2.05. The van der Waals surface area contributed by atoms with E-state index in [0.717, 1.165) is 43.5 Å². The summed E-state index contributed by atoms with van der Waals surface area (Å²) in [5.41, 5.74) is 2.56. The zero-order valence-corrected chi connectivity index (χ0v) is 22.8. The highest BCUT2D eigenvalue weighted by Crippen LogP contribution is 2.42. The Hall–Kier alpha value is -3.72. The second-order valence-electron chi connectivity index (χ2n) is 11.5. The van der Waals surface area contributed by atoms with Crippen LogP contribution >= 0.6 is 0 Å². The van der Waals surface area contributed by atoms with Gasteiger partial charge in [-0.15, -0.1) is 0 Å². The average Bonchev–Trinajstić information content (AvgIpc) is 3.48. The molecular weight excluding hydrogens is 510 g/mol. The monoisotopic (exact) mass is 545 g/mol. The zero-order chi connectivity index (χ0) is 28.0. The molecule has 2 aromatic rings. The molecule has 4 aliphatic rings. The Bertz CT molecular complexity index is 1320. The number of rotatable bonds is 6. The first-order valence-electron chi connectivity index (χ1n) is 14.3. The van der Waals surface area contributed by atoms with Crippen molar-refractivity contribution in [3.8, 4) is 5.75 Å². The number of carboxylic acids is 1. The van der Waals surface area contributed by atoms with E-state index in [-0.39, 0.29) is 30.4 Å². The molecular formula is C31H35N3O6. The molecule has 9 heteroatoms. The molecule has 9 nitrogen and oxygen atoms in total. The summed E-state index contributed by atoms with van der Waals surface area (Å²) >= 11 is 0. The minimum Gasteiger partial charge on any atom is -0.489 e. The standard InChI is InChI=1S/C31H35N3O6/c1-32-15-14-20(17-32)40-26-12-6-7-19-13-16-33(28(35)23-10-4-5-11-24(23)31(38)39)25(27(19)26)18-34-29(36)21-8-2-3-9-22(21)30(34)37/h2-3,6-9,12,20,23-25H,4-5,10-11,13-18H2,1H3,(H,38,39). The summed E-state index contributed by atoms with van der Waals surface area (Å²) in [4.78, 5) is 58.2. The van der Waals surface area contributed by atoms with E-state index < -0.39 is 23.8 Å². The third-order valence-corrected chi connectivity index (χ3v) is 9.05. The Kier molecular flexibility index (Phi) is 7.08. The normalized spacial score (nSPS) is 26.5. The van der Waals surface area contributed by atoms with Crippen molar-refractivity contribution in [1.82, 2.24) is 14.7 Å². The zero-order valence-electron chi connectivity index (χ0n) is 22.8. The molecule has 0 spiro atoms. The average molecular weight is 546 g/mol. The molecule has 3 amide bonds. The lowest BCUT2D eigenvalue weighted by molar-refractivity contribution is -0.153. The molecule has 1 N–H and O–H groups in total. The van der Waals surface area contributed by atoms with Crippen LogP contribution in [0.2, 0.25) is 0 Å². The van der Waals surface area contributed by atoms with Gasteiger partial charge in [0.25, 0.3) is 11.8 Å². The predicted octanol–water partition coefficient (Wildman–Crippen LogP) is 3.38. The number of imide groups is 1. The number of benzene rings is 2. The van der Waals surface area contributed by atoms with Gasteiger partial charge < -0.3 is 19.6 Å². The Morgan fingerprint density at radius 1 is 0.925 bits per heavy atom. The van der Waals surface area contributed by atoms with Crippen molar-refractivity contribution in [2.75, 3.05) is 33.2 Å². The number of hydrogen-bond acceptors (Lipinski definition) is 6. The Labute approximate surface area is 233 Å². The van der Waals surface area contributed by atoms with E-state index in [9.17, 15) is 24.3 Å². The lowest BCUT2D eigenvalue weighted by Gasteiger charge is -2.42. The molecule has 6 rings (SSSR count). The summed E-state index contributed by atoms with van der Waals surface area (Å²) in [5, 5.41) is 9.91. The van der Waals surface area contributed by atoms with Crippen molar-refractivity contribution in [1.29, 1.82) is 0 Å². The molecule has 3 heterocycles. The summed E-state index contributed by atoms with van der Waals surface area (Å²) in [6.07, 6.45) is 4.05. The largest absolute Gasteiger partial charge is 0.489 e. The maximum Gasteiger partial charge on any atom is 0.307 e. The number of likely N-dealkylation sites (tertiary alicyclic amines) is 1. The Morgan fingerprint density at radius 3 is 2.27 bits per heavy atom. The number of likely N-dealkylation sites (N-methyl/N-ethyl adjacent to an activating group) is 1. The van der Waals surface area contributed by atoms with E-state index in [4.69, 9.17) is 4.74 Å². The SMILES string of the molecule is CN1CCC(Oc2cccc3c2C(CN2C(=O)c4ccccc4C2=O)N(C(=O)C2CCCCC2C(=O)O)CC3)C1. The van der Waals surface area contributed by atoms with Crippen LogP contribution in [0, 0.1) is 11.8 Å². The van der Waals surface area contributed by atoms with Crippen molar-refractivity contribution in [2.24, 2.45) is 11.8 Å². The molecule has 210 valence electrons. The fraction of sp³-hybridized carbons (Fsp3) is 0.484. The van der Waals surface area contributed by atoms with Gasteiger partial charge in [-0.05, 0) is 56.5 Å². The molecule has 0 bridgehead atoms. The molecule has 1 saturated heterocycles. The first-order chi connectivity index (χ1) is 19.3. The van der Waals surface area contributed by atoms with E-state index >= 15 is 0 Å². The van der Waals surface area contributed by atoms with E-state index in [1.165, 1.54) is 4.90 Å². The van der Waals surface area contributed by atoms with Crippen LogP contribution in [0.15, 0.2) is 42.5 Å². The lowest BCUT2D eigenvalue weighted by Crippen LogP contribution is -2.50. The lowest BCUT2D eigenvalue weighted by atomic mass is 9.77. The van der Waals surface area contributed by atoms with Gasteiger partial charge in [0.2, 0.25) is 5.91 Å². The number of carbonyl (C=O) groups excluding carboxylic acids is 3. The second kappa shape index (κ2) is 10.7. The van der Waals surface area contributed by atoms with Gasteiger partial charge in [0, 0.05) is 25.2 Å². The van der Waals surface area contributed by atoms with Crippen molar-refractivity contribution in [2.45, 2.75) is 50.7 Å². The molecule has 4 unspecified atom stereocenters. The van der Waals surface area contributed by atoms with Gasteiger partial charge in [-0.25, -0.2) is 0 Å². The smallest absolute Gasteiger partial charge is 0.307 e. The van der Waals surface area contributed by atoms with Gasteiger partial charge in [-0.1, -0.05) is 37.1 Å². The number of ether oxygens (including phenoxy) is 1. The van der Waals surface area contributed by atoms with Crippen LogP contribution < -0.4 is 4.74 Å². The minimum absolute atomic E-state index is 0.00253. The first-order valence-corrected chi connectivity index (χ1v) is 14.3. The number of amides is 3. The minimum atomic E-state index is -0.943. The molecule has 0 radical (unpaired) electrons. The van der Waals surface area contributed by atoms with Gasteiger partial charge in [0.1, 0.15) is 11.9 Å². The third kappa shape index (κ3) is 4.66. The third-order valence-electron chi connectivity index (χ3n) is 9.05. The van der Waals surface area contributed by atoms with Crippen LogP contribution in [0.1, 0.15) is 70.0 Å². The summed E-state index contributed by atoms with van der Waals surface area (Å²) in [5.74, 6) is -2.61. The van der Waals surface area contributed by atoms with Crippen LogP contribution in [0.4, 0.5) is 0 Å². The van der Waals surface area contributed by atoms with Gasteiger partial charge in [0.05, 0.1) is 35.5 Å². The van der Waals surface area contributed by atoms with E-state index in [0.29, 0.717) is 42.7 Å². The van der Waals surface area contributed by atoms with Gasteiger partial charge in [0.15, 0.2) is 0 Å². The molecule has 1 aliphatic carbocycles. The molecule has 3 aliphatic heterocycles. The molecule has 4 atom stereocenters. The Balaban J connectivity index is 1.38. The maximum atomic E-state index is 14.2. The van der Waals surface area contributed by atoms with Crippen molar-refractivity contribution >= 4 is 23.7 Å². The number of carbonyl (C=O) groups is 4. The van der Waals surface area contributed by atoms with Crippen LogP contribution in [-0.4, -0.2) is 82.8 Å².